The Morgan fingerprint density at radius 3 is 2.42 bits per heavy atom. The van der Waals surface area contributed by atoms with Gasteiger partial charge >= 0.3 is 0 Å². The van der Waals surface area contributed by atoms with Crippen LogP contribution in [0.5, 0.6) is 0 Å². The average Bonchev–Trinajstić information content (AvgIpc) is 2.76. The zero-order valence-electron chi connectivity index (χ0n) is 11.7. The van der Waals surface area contributed by atoms with Gasteiger partial charge in [-0.15, -0.1) is 0 Å². The molecule has 7 heteroatoms. The molecule has 0 spiro atoms. The van der Waals surface area contributed by atoms with Crippen LogP contribution in [0.1, 0.15) is 13.8 Å². The van der Waals surface area contributed by atoms with E-state index in [1.807, 2.05) is 13.8 Å². The van der Waals surface area contributed by atoms with Crippen LogP contribution in [0.25, 0.3) is 0 Å². The van der Waals surface area contributed by atoms with Gasteiger partial charge in [0.25, 0.3) is 0 Å². The van der Waals surface area contributed by atoms with Crippen molar-refractivity contribution >= 4 is 17.6 Å². The van der Waals surface area contributed by atoms with Crippen LogP contribution in [-0.4, -0.2) is 58.1 Å². The van der Waals surface area contributed by atoms with Gasteiger partial charge in [-0.25, -0.2) is 0 Å². The van der Waals surface area contributed by atoms with Gasteiger partial charge in [0.2, 0.25) is 11.8 Å². The van der Waals surface area contributed by atoms with E-state index in [-0.39, 0.29) is 24.9 Å². The maximum atomic E-state index is 11.9. The van der Waals surface area contributed by atoms with E-state index in [0.717, 1.165) is 0 Å². The second kappa shape index (κ2) is 6.77. The molecule has 0 aliphatic carbocycles. The van der Waals surface area contributed by atoms with Crippen LogP contribution in [0.4, 0.5) is 5.82 Å². The van der Waals surface area contributed by atoms with E-state index in [1.165, 1.54) is 9.58 Å². The number of likely N-dealkylation sites (N-methyl/N-ethyl adjacent to an activating group) is 2. The molecule has 2 amide bonds. The summed E-state index contributed by atoms with van der Waals surface area (Å²) in [4.78, 5) is 26.9. The second-order valence-corrected chi connectivity index (χ2v) is 4.25. The lowest BCUT2D eigenvalue weighted by Crippen LogP contribution is -2.42. The Kier molecular flexibility index (Phi) is 5.35. The fourth-order valence-electron chi connectivity index (χ4n) is 1.69. The van der Waals surface area contributed by atoms with Crippen molar-refractivity contribution in [1.82, 2.24) is 19.6 Å². The maximum Gasteiger partial charge on any atom is 0.244 e. The second-order valence-electron chi connectivity index (χ2n) is 4.25. The molecule has 0 radical (unpaired) electrons. The third-order valence-electron chi connectivity index (χ3n) is 2.87. The molecule has 0 bridgehead atoms. The molecule has 0 saturated carbocycles. The van der Waals surface area contributed by atoms with E-state index in [4.69, 9.17) is 5.73 Å². The lowest BCUT2D eigenvalue weighted by atomic mass is 10.4. The summed E-state index contributed by atoms with van der Waals surface area (Å²) < 4.78 is 1.45. The van der Waals surface area contributed by atoms with E-state index in [1.54, 1.807) is 24.2 Å². The zero-order chi connectivity index (χ0) is 14.4. The van der Waals surface area contributed by atoms with Crippen molar-refractivity contribution in [3.05, 3.63) is 12.3 Å². The number of aromatic nitrogens is 2. The molecule has 0 aliphatic heterocycles. The van der Waals surface area contributed by atoms with Crippen LogP contribution < -0.4 is 5.73 Å². The van der Waals surface area contributed by atoms with Crippen molar-refractivity contribution in [3.8, 4) is 0 Å². The summed E-state index contributed by atoms with van der Waals surface area (Å²) in [6.07, 6.45) is 1.63. The van der Waals surface area contributed by atoms with E-state index >= 15 is 0 Å². The molecule has 0 unspecified atom stereocenters. The summed E-state index contributed by atoms with van der Waals surface area (Å²) in [5.41, 5.74) is 5.47. The smallest absolute Gasteiger partial charge is 0.244 e. The fourth-order valence-corrected chi connectivity index (χ4v) is 1.69. The van der Waals surface area contributed by atoms with Gasteiger partial charge in [0.15, 0.2) is 0 Å². The molecule has 1 rings (SSSR count). The molecule has 0 fully saturated rings. The summed E-state index contributed by atoms with van der Waals surface area (Å²) in [6.45, 7) is 5.28. The molecular weight excluding hydrogens is 246 g/mol. The zero-order valence-corrected chi connectivity index (χ0v) is 11.7. The monoisotopic (exact) mass is 267 g/mol. The molecule has 0 aromatic carbocycles. The Morgan fingerprint density at radius 1 is 1.32 bits per heavy atom. The van der Waals surface area contributed by atoms with Crippen molar-refractivity contribution in [2.24, 2.45) is 0 Å². The van der Waals surface area contributed by atoms with Gasteiger partial charge in [0, 0.05) is 26.3 Å². The first-order valence-electron chi connectivity index (χ1n) is 6.28. The third-order valence-corrected chi connectivity index (χ3v) is 2.87. The summed E-state index contributed by atoms with van der Waals surface area (Å²) in [7, 11) is 1.61. The molecule has 2 N–H and O–H groups in total. The van der Waals surface area contributed by atoms with E-state index < -0.39 is 0 Å². The predicted molar refractivity (Wildman–Crippen MR) is 72.2 cm³/mol. The van der Waals surface area contributed by atoms with Crippen molar-refractivity contribution < 1.29 is 9.59 Å². The molecule has 106 valence electrons. The Balaban J connectivity index is 2.51. The number of nitrogen functional groups attached to an aromatic ring is 1. The van der Waals surface area contributed by atoms with Crippen molar-refractivity contribution in [3.63, 3.8) is 0 Å². The quantitative estimate of drug-likeness (QED) is 0.773. The van der Waals surface area contributed by atoms with Crippen molar-refractivity contribution in [1.29, 1.82) is 0 Å². The number of nitrogens with two attached hydrogens (primary N) is 1. The van der Waals surface area contributed by atoms with Gasteiger partial charge in [-0.2, -0.15) is 5.10 Å². The SMILES string of the molecule is CCN(CC)C(=O)CN(C)C(=O)Cn1ccc(N)n1. The topological polar surface area (TPSA) is 84.5 Å². The molecule has 0 atom stereocenters. The Morgan fingerprint density at radius 2 is 1.95 bits per heavy atom. The minimum Gasteiger partial charge on any atom is -0.382 e. The van der Waals surface area contributed by atoms with Crippen LogP contribution in [0.15, 0.2) is 12.3 Å². The summed E-state index contributed by atoms with van der Waals surface area (Å²) >= 11 is 0. The van der Waals surface area contributed by atoms with Gasteiger partial charge in [0.1, 0.15) is 12.4 Å². The number of amides is 2. The number of anilines is 1. The predicted octanol–water partition coefficient (Wildman–Crippen LogP) is -0.208. The lowest BCUT2D eigenvalue weighted by Gasteiger charge is -2.23. The van der Waals surface area contributed by atoms with Crippen LogP contribution in [-0.2, 0) is 16.1 Å². The first kappa shape index (κ1) is 15.0. The van der Waals surface area contributed by atoms with E-state index in [9.17, 15) is 9.59 Å². The number of hydrogen-bond donors (Lipinski definition) is 1. The number of hydrogen-bond acceptors (Lipinski definition) is 4. The largest absolute Gasteiger partial charge is 0.382 e. The molecule has 0 saturated heterocycles. The van der Waals surface area contributed by atoms with Crippen LogP contribution in [0.2, 0.25) is 0 Å². The highest BCUT2D eigenvalue weighted by Gasteiger charge is 2.16. The first-order chi connectivity index (χ1) is 8.97. The maximum absolute atomic E-state index is 11.9. The average molecular weight is 267 g/mol. The Hall–Kier alpha value is -2.05. The number of carbonyl (C=O) groups excluding carboxylic acids is 2. The molecular formula is C12H21N5O2. The molecule has 1 aromatic heterocycles. The van der Waals surface area contributed by atoms with Gasteiger partial charge in [-0.3, -0.25) is 14.3 Å². The van der Waals surface area contributed by atoms with Crippen LogP contribution in [0.3, 0.4) is 0 Å². The molecule has 0 aliphatic rings. The number of rotatable bonds is 6. The molecule has 19 heavy (non-hydrogen) atoms. The lowest BCUT2D eigenvalue weighted by molar-refractivity contribution is -0.139. The Labute approximate surface area is 113 Å². The standard InChI is InChI=1S/C12H21N5O2/c1-4-16(5-2)12(19)8-15(3)11(18)9-17-7-6-10(13)14-17/h6-7H,4-5,8-9H2,1-3H3,(H2,13,14). The number of nitrogens with zero attached hydrogens (tertiary/aromatic N) is 4. The highest BCUT2D eigenvalue weighted by atomic mass is 16.2. The van der Waals surface area contributed by atoms with Crippen LogP contribution in [0, 0.1) is 0 Å². The molecule has 1 heterocycles. The van der Waals surface area contributed by atoms with Gasteiger partial charge in [0.05, 0.1) is 6.54 Å². The highest BCUT2D eigenvalue weighted by molar-refractivity contribution is 5.84. The van der Waals surface area contributed by atoms with Crippen LogP contribution >= 0.6 is 0 Å². The minimum atomic E-state index is -0.177. The summed E-state index contributed by atoms with van der Waals surface area (Å²) in [5.74, 6) is 0.138. The normalized spacial score (nSPS) is 10.3. The minimum absolute atomic E-state index is 0.0548. The Bertz CT molecular complexity index is 439. The summed E-state index contributed by atoms with van der Waals surface area (Å²) in [5, 5.41) is 3.93. The van der Waals surface area contributed by atoms with E-state index in [2.05, 4.69) is 5.10 Å². The number of carbonyl (C=O) groups is 2. The van der Waals surface area contributed by atoms with Crippen molar-refractivity contribution in [2.45, 2.75) is 20.4 Å². The third kappa shape index (κ3) is 4.27. The van der Waals surface area contributed by atoms with Gasteiger partial charge in [-0.05, 0) is 19.9 Å². The summed E-state index contributed by atoms with van der Waals surface area (Å²) in [6, 6.07) is 1.62. The molecule has 1 aromatic rings. The van der Waals surface area contributed by atoms with Gasteiger partial charge in [-0.1, -0.05) is 0 Å². The highest BCUT2D eigenvalue weighted by Crippen LogP contribution is 1.98. The van der Waals surface area contributed by atoms with Gasteiger partial charge < -0.3 is 15.5 Å². The molecule has 7 nitrogen and oxygen atoms in total. The fraction of sp³-hybridized carbons (Fsp3) is 0.583. The van der Waals surface area contributed by atoms with E-state index in [0.29, 0.717) is 18.9 Å². The first-order valence-corrected chi connectivity index (χ1v) is 6.28. The van der Waals surface area contributed by atoms with Crippen molar-refractivity contribution in [2.75, 3.05) is 32.4 Å².